The van der Waals surface area contributed by atoms with Crippen LogP contribution >= 0.6 is 15.9 Å². The maximum atomic E-state index is 13.2. The Kier molecular flexibility index (Phi) is 6.42. The summed E-state index contributed by atoms with van der Waals surface area (Å²) < 4.78 is 5.93. The van der Waals surface area contributed by atoms with Gasteiger partial charge >= 0.3 is 6.09 Å². The van der Waals surface area contributed by atoms with Crippen molar-refractivity contribution in [1.29, 1.82) is 0 Å². The van der Waals surface area contributed by atoms with Gasteiger partial charge < -0.3 is 20.4 Å². The molecule has 0 aliphatic carbocycles. The predicted molar refractivity (Wildman–Crippen MR) is 114 cm³/mol. The molecule has 1 aliphatic heterocycles. The highest BCUT2D eigenvalue weighted by Gasteiger charge is 2.38. The minimum atomic E-state index is -0.879. The van der Waals surface area contributed by atoms with Crippen molar-refractivity contribution >= 4 is 27.9 Å². The van der Waals surface area contributed by atoms with Crippen molar-refractivity contribution < 1.29 is 14.3 Å². The molecule has 3 rings (SSSR count). The van der Waals surface area contributed by atoms with Crippen LogP contribution in [0, 0.1) is 11.8 Å². The highest BCUT2D eigenvalue weighted by Crippen LogP contribution is 2.36. The molecule has 1 aromatic carbocycles. The molecule has 2 amide bonds. The number of nitrogens with two attached hydrogens (primary N) is 1. The maximum Gasteiger partial charge on any atom is 0.404 e. The van der Waals surface area contributed by atoms with Crippen LogP contribution in [-0.2, 0) is 9.53 Å². The molecule has 154 valence electrons. The van der Waals surface area contributed by atoms with E-state index in [4.69, 9.17) is 10.5 Å². The summed E-state index contributed by atoms with van der Waals surface area (Å²) in [5.41, 5.74) is 7.94. The van der Waals surface area contributed by atoms with Gasteiger partial charge in [-0.05, 0) is 30.0 Å². The first kappa shape index (κ1) is 21.1. The molecule has 1 aliphatic rings. The van der Waals surface area contributed by atoms with Gasteiger partial charge in [0.1, 0.15) is 12.4 Å². The molecule has 8 heteroatoms. The van der Waals surface area contributed by atoms with Crippen molar-refractivity contribution in [2.45, 2.75) is 26.3 Å². The molecular formula is C21H25BrN4O3. The third-order valence-corrected chi connectivity index (χ3v) is 5.66. The highest BCUT2D eigenvalue weighted by atomic mass is 79.9. The molecule has 7 nitrogen and oxygen atoms in total. The summed E-state index contributed by atoms with van der Waals surface area (Å²) in [6, 6.07) is 7.69. The Labute approximate surface area is 178 Å². The number of carbonyl (C=O) groups excluding carboxylic acids is 2. The number of aromatic amines is 1. The molecule has 2 unspecified atom stereocenters. The molecule has 2 aromatic rings. The Hall–Kier alpha value is -2.61. The third-order valence-electron chi connectivity index (χ3n) is 5.13. The number of hydrogen-bond donors (Lipinski definition) is 2. The van der Waals surface area contributed by atoms with E-state index in [9.17, 15) is 9.59 Å². The second kappa shape index (κ2) is 8.82. The quantitative estimate of drug-likeness (QED) is 0.634. The fourth-order valence-corrected chi connectivity index (χ4v) is 3.76. The number of H-pyrrole nitrogens is 1. The van der Waals surface area contributed by atoms with Gasteiger partial charge in [-0.25, -0.2) is 9.78 Å². The molecule has 2 atom stereocenters. The topological polar surface area (TPSA) is 101 Å². The SMILES string of the molecule is C=C1CC(c2ncc(-c3ccc(Br)cc3)[nH]2)N(C(=O)C(COC(N)=O)C(C)C)C1. The summed E-state index contributed by atoms with van der Waals surface area (Å²) >= 11 is 3.44. The molecule has 0 radical (unpaired) electrons. The van der Waals surface area contributed by atoms with E-state index >= 15 is 0 Å². The number of imidazole rings is 1. The summed E-state index contributed by atoms with van der Waals surface area (Å²) in [6.07, 6.45) is 1.54. The number of hydrogen-bond acceptors (Lipinski definition) is 4. The van der Waals surface area contributed by atoms with Crippen molar-refractivity contribution in [1.82, 2.24) is 14.9 Å². The molecule has 0 spiro atoms. The maximum absolute atomic E-state index is 13.2. The molecule has 1 aromatic heterocycles. The first-order valence-corrected chi connectivity index (χ1v) is 10.3. The Bertz CT molecular complexity index is 907. The van der Waals surface area contributed by atoms with Crippen molar-refractivity contribution in [2.75, 3.05) is 13.2 Å². The van der Waals surface area contributed by atoms with Gasteiger partial charge in [0.05, 0.1) is 23.9 Å². The van der Waals surface area contributed by atoms with Crippen LogP contribution in [0.3, 0.4) is 0 Å². The van der Waals surface area contributed by atoms with Crippen LogP contribution in [0.15, 0.2) is 47.1 Å². The standard InChI is InChI=1S/C21H25BrN4O3/c1-12(2)16(11-29-21(23)28)20(27)26-10-13(3)8-18(26)19-24-9-17(25-19)14-4-6-15(22)7-5-14/h4-7,9,12,16,18H,3,8,10-11H2,1-2H3,(H2,23,28)(H,24,25). The summed E-state index contributed by atoms with van der Waals surface area (Å²) in [5, 5.41) is 0. The number of rotatable bonds is 6. The molecule has 3 N–H and O–H groups in total. The average molecular weight is 461 g/mol. The molecular weight excluding hydrogens is 436 g/mol. The van der Waals surface area contributed by atoms with E-state index in [1.807, 2.05) is 38.1 Å². The summed E-state index contributed by atoms with van der Waals surface area (Å²) in [5.74, 6) is 0.142. The molecule has 2 heterocycles. The number of benzene rings is 1. The van der Waals surface area contributed by atoms with Crippen molar-refractivity contribution in [3.05, 3.63) is 52.9 Å². The number of primary amides is 1. The summed E-state index contributed by atoms with van der Waals surface area (Å²) in [4.78, 5) is 33.9. The van der Waals surface area contributed by atoms with Crippen LogP contribution in [0.1, 0.15) is 32.1 Å². The van der Waals surface area contributed by atoms with Crippen molar-refractivity contribution in [3.63, 3.8) is 0 Å². The van der Waals surface area contributed by atoms with E-state index in [1.165, 1.54) is 0 Å². The van der Waals surface area contributed by atoms with E-state index in [-0.39, 0.29) is 24.5 Å². The third kappa shape index (κ3) is 4.87. The van der Waals surface area contributed by atoms with Gasteiger partial charge in [-0.3, -0.25) is 4.79 Å². The number of aromatic nitrogens is 2. The minimum Gasteiger partial charge on any atom is -0.449 e. The first-order valence-electron chi connectivity index (χ1n) is 9.46. The Morgan fingerprint density at radius 3 is 2.69 bits per heavy atom. The molecule has 1 saturated heterocycles. The van der Waals surface area contributed by atoms with Crippen LogP contribution in [0.25, 0.3) is 11.3 Å². The van der Waals surface area contributed by atoms with E-state index in [1.54, 1.807) is 11.1 Å². The number of nitrogens with zero attached hydrogens (tertiary/aromatic N) is 2. The molecule has 29 heavy (non-hydrogen) atoms. The van der Waals surface area contributed by atoms with Crippen LogP contribution in [0.4, 0.5) is 4.79 Å². The smallest absolute Gasteiger partial charge is 0.404 e. The number of ether oxygens (including phenoxy) is 1. The van der Waals surface area contributed by atoms with Crippen molar-refractivity contribution in [2.24, 2.45) is 17.6 Å². The summed E-state index contributed by atoms with van der Waals surface area (Å²) in [6.45, 7) is 8.33. The number of carbonyl (C=O) groups is 2. The van der Waals surface area contributed by atoms with Crippen LogP contribution in [0.5, 0.6) is 0 Å². The number of likely N-dealkylation sites (tertiary alicyclic amines) is 1. The van der Waals surface area contributed by atoms with E-state index in [0.29, 0.717) is 18.8 Å². The highest BCUT2D eigenvalue weighted by molar-refractivity contribution is 9.10. The monoisotopic (exact) mass is 460 g/mol. The molecule has 0 saturated carbocycles. The second-order valence-electron chi connectivity index (χ2n) is 7.61. The number of amides is 2. The number of halogens is 1. The summed E-state index contributed by atoms with van der Waals surface area (Å²) in [7, 11) is 0. The normalized spacial score (nSPS) is 17.6. The van der Waals surface area contributed by atoms with Crippen LogP contribution in [0.2, 0.25) is 0 Å². The van der Waals surface area contributed by atoms with Crippen molar-refractivity contribution in [3.8, 4) is 11.3 Å². The van der Waals surface area contributed by atoms with Gasteiger partial charge in [0.15, 0.2) is 0 Å². The van der Waals surface area contributed by atoms with Gasteiger partial charge in [0, 0.05) is 11.0 Å². The van der Waals surface area contributed by atoms with Gasteiger partial charge in [-0.15, -0.1) is 0 Å². The number of nitrogens with one attached hydrogen (secondary N) is 1. The molecule has 0 bridgehead atoms. The lowest BCUT2D eigenvalue weighted by Crippen LogP contribution is -2.40. The van der Waals surface area contributed by atoms with Gasteiger partial charge in [-0.1, -0.05) is 54.1 Å². The largest absolute Gasteiger partial charge is 0.449 e. The fourth-order valence-electron chi connectivity index (χ4n) is 3.49. The Balaban J connectivity index is 1.83. The van der Waals surface area contributed by atoms with E-state index in [2.05, 4.69) is 32.5 Å². The van der Waals surface area contributed by atoms with Crippen LogP contribution < -0.4 is 5.73 Å². The molecule has 1 fully saturated rings. The van der Waals surface area contributed by atoms with E-state index < -0.39 is 12.0 Å². The van der Waals surface area contributed by atoms with Gasteiger partial charge in [-0.2, -0.15) is 0 Å². The van der Waals surface area contributed by atoms with E-state index in [0.717, 1.165) is 21.3 Å². The average Bonchev–Trinajstić information content (AvgIpc) is 3.28. The van der Waals surface area contributed by atoms with Gasteiger partial charge in [0.2, 0.25) is 5.91 Å². The lowest BCUT2D eigenvalue weighted by atomic mass is 9.95. The zero-order valence-corrected chi connectivity index (χ0v) is 18.1. The zero-order chi connectivity index (χ0) is 21.1. The van der Waals surface area contributed by atoms with Crippen LogP contribution in [-0.4, -0.2) is 40.0 Å². The predicted octanol–water partition coefficient (Wildman–Crippen LogP) is 4.04. The fraction of sp³-hybridized carbons (Fsp3) is 0.381. The Morgan fingerprint density at radius 2 is 2.07 bits per heavy atom. The first-order chi connectivity index (χ1) is 13.8. The lowest BCUT2D eigenvalue weighted by Gasteiger charge is -2.29. The lowest BCUT2D eigenvalue weighted by molar-refractivity contribution is -0.139. The Morgan fingerprint density at radius 1 is 1.38 bits per heavy atom. The second-order valence-corrected chi connectivity index (χ2v) is 8.52. The minimum absolute atomic E-state index is 0.00806. The van der Waals surface area contributed by atoms with Gasteiger partial charge in [0.25, 0.3) is 0 Å². The zero-order valence-electron chi connectivity index (χ0n) is 16.5.